The van der Waals surface area contributed by atoms with E-state index in [9.17, 15) is 26.3 Å². The predicted molar refractivity (Wildman–Crippen MR) is 73.2 cm³/mol. The lowest BCUT2D eigenvalue weighted by atomic mass is 10.3. The summed E-state index contributed by atoms with van der Waals surface area (Å²) in [5.41, 5.74) is -2.89. The largest absolute Gasteiger partial charge is 0.497 e. The third-order valence-electron chi connectivity index (χ3n) is 3.25. The van der Waals surface area contributed by atoms with Crippen molar-refractivity contribution in [2.45, 2.75) is 12.4 Å². The Morgan fingerprint density at radius 1 is 1.00 bits per heavy atom. The summed E-state index contributed by atoms with van der Waals surface area (Å²) in [6.45, 7) is 0. The minimum atomic E-state index is -5.14. The Balaban J connectivity index is 2.32. The maximum atomic E-state index is 13.1. The third-order valence-corrected chi connectivity index (χ3v) is 3.25. The van der Waals surface area contributed by atoms with Gasteiger partial charge >= 0.3 is 12.4 Å². The number of imidazole rings is 1. The van der Waals surface area contributed by atoms with Gasteiger partial charge in [-0.2, -0.15) is 26.3 Å². The topological polar surface area (TPSA) is 52.8 Å². The van der Waals surface area contributed by atoms with E-state index in [1.54, 1.807) is 6.07 Å². The molecule has 2 aromatic heterocycles. The molecule has 3 aromatic rings. The number of hydrogen-bond acceptors (Lipinski definition) is 4. The highest BCUT2D eigenvalue weighted by atomic mass is 19.4. The van der Waals surface area contributed by atoms with E-state index in [2.05, 4.69) is 15.0 Å². The molecule has 0 saturated heterocycles. The van der Waals surface area contributed by atoms with E-state index < -0.39 is 35.0 Å². The molecule has 1 aromatic carbocycles. The molecule has 0 aliphatic carbocycles. The number of benzene rings is 1. The molecule has 0 fully saturated rings. The predicted octanol–water partition coefficient (Wildman–Crippen LogP) is 3.86. The highest BCUT2D eigenvalue weighted by molar-refractivity contribution is 5.76. The molecular formula is C14H8F6N4O. The van der Waals surface area contributed by atoms with Crippen molar-refractivity contribution in [2.75, 3.05) is 7.11 Å². The zero-order valence-corrected chi connectivity index (χ0v) is 12.4. The Morgan fingerprint density at radius 3 is 2.32 bits per heavy atom. The summed E-state index contributed by atoms with van der Waals surface area (Å²) in [4.78, 5) is 9.41. The molecule has 0 amide bonds. The fourth-order valence-corrected chi connectivity index (χ4v) is 2.17. The quantitative estimate of drug-likeness (QED) is 0.650. The van der Waals surface area contributed by atoms with E-state index in [1.807, 2.05) is 0 Å². The summed E-state index contributed by atoms with van der Waals surface area (Å²) in [6.07, 6.45) is -9.31. The number of alkyl halides is 6. The summed E-state index contributed by atoms with van der Waals surface area (Å²) in [7, 11) is 1.37. The van der Waals surface area contributed by atoms with Crippen molar-refractivity contribution >= 4 is 11.2 Å². The van der Waals surface area contributed by atoms with Gasteiger partial charge < -0.3 is 4.74 Å². The molecule has 132 valence electrons. The molecule has 25 heavy (non-hydrogen) atoms. The van der Waals surface area contributed by atoms with Gasteiger partial charge in [0, 0.05) is 6.07 Å². The van der Waals surface area contributed by atoms with Crippen molar-refractivity contribution in [1.82, 2.24) is 19.5 Å². The molecule has 0 aliphatic rings. The Kier molecular flexibility index (Phi) is 3.81. The lowest BCUT2D eigenvalue weighted by Gasteiger charge is -2.11. The first-order valence-corrected chi connectivity index (χ1v) is 6.65. The lowest BCUT2D eigenvalue weighted by Crippen LogP contribution is -2.18. The van der Waals surface area contributed by atoms with Crippen LogP contribution in [0.25, 0.3) is 16.9 Å². The SMILES string of the molecule is COc1cccc(-n2cnc3c(C(F)(F)F)nc(C(F)(F)F)nc32)c1. The van der Waals surface area contributed by atoms with Gasteiger partial charge in [-0.3, -0.25) is 4.57 Å². The highest BCUT2D eigenvalue weighted by Crippen LogP contribution is 2.36. The number of aromatic nitrogens is 4. The van der Waals surface area contributed by atoms with Gasteiger partial charge in [-0.05, 0) is 12.1 Å². The first-order valence-electron chi connectivity index (χ1n) is 6.65. The second-order valence-electron chi connectivity index (χ2n) is 4.88. The first-order chi connectivity index (χ1) is 11.6. The molecule has 2 heterocycles. The maximum absolute atomic E-state index is 13.1. The van der Waals surface area contributed by atoms with Crippen LogP contribution in [-0.2, 0) is 12.4 Å². The number of methoxy groups -OCH3 is 1. The lowest BCUT2D eigenvalue weighted by molar-refractivity contribution is -0.151. The average Bonchev–Trinajstić information content (AvgIpc) is 2.96. The second kappa shape index (κ2) is 5.60. The Bertz CT molecular complexity index is 931. The molecule has 0 radical (unpaired) electrons. The van der Waals surface area contributed by atoms with Crippen LogP contribution in [0.4, 0.5) is 26.3 Å². The number of halogens is 6. The Hall–Kier alpha value is -2.85. The molecule has 0 N–H and O–H groups in total. The molecule has 0 unspecified atom stereocenters. The summed E-state index contributed by atoms with van der Waals surface area (Å²) in [6, 6.07) is 5.98. The monoisotopic (exact) mass is 362 g/mol. The van der Waals surface area contributed by atoms with Crippen LogP contribution in [0.3, 0.4) is 0 Å². The molecule has 0 aliphatic heterocycles. The molecule has 0 spiro atoms. The standard InChI is InChI=1S/C14H8F6N4O/c1-25-8-4-2-3-7(5-8)24-6-21-9-10(13(15,16)17)22-12(14(18,19)20)23-11(9)24/h2-6H,1H3. The molecule has 0 saturated carbocycles. The zero-order valence-electron chi connectivity index (χ0n) is 12.4. The number of fused-ring (bicyclic) bond motifs is 1. The second-order valence-corrected chi connectivity index (χ2v) is 4.88. The van der Waals surface area contributed by atoms with Crippen LogP contribution in [0.15, 0.2) is 30.6 Å². The van der Waals surface area contributed by atoms with Gasteiger partial charge in [-0.1, -0.05) is 6.07 Å². The van der Waals surface area contributed by atoms with E-state index in [1.165, 1.54) is 25.3 Å². The molecule has 11 heteroatoms. The van der Waals surface area contributed by atoms with Crippen molar-refractivity contribution in [3.8, 4) is 11.4 Å². The van der Waals surface area contributed by atoms with Crippen molar-refractivity contribution in [1.29, 1.82) is 0 Å². The van der Waals surface area contributed by atoms with E-state index in [0.29, 0.717) is 5.75 Å². The van der Waals surface area contributed by atoms with Crippen molar-refractivity contribution in [2.24, 2.45) is 0 Å². The summed E-state index contributed by atoms with van der Waals surface area (Å²) >= 11 is 0. The molecular weight excluding hydrogens is 354 g/mol. The normalized spacial score (nSPS) is 12.6. The smallest absolute Gasteiger partial charge is 0.451 e. The minimum Gasteiger partial charge on any atom is -0.497 e. The van der Waals surface area contributed by atoms with E-state index in [-0.39, 0.29) is 5.69 Å². The summed E-state index contributed by atoms with van der Waals surface area (Å²) in [5.74, 6) is -1.53. The van der Waals surface area contributed by atoms with E-state index in [0.717, 1.165) is 10.9 Å². The number of ether oxygens (including phenoxy) is 1. The Morgan fingerprint density at radius 2 is 1.72 bits per heavy atom. The van der Waals surface area contributed by atoms with Crippen LogP contribution in [0, 0.1) is 0 Å². The van der Waals surface area contributed by atoms with Crippen molar-refractivity contribution in [3.05, 3.63) is 42.1 Å². The van der Waals surface area contributed by atoms with Crippen LogP contribution in [0.2, 0.25) is 0 Å². The molecule has 0 bridgehead atoms. The maximum Gasteiger partial charge on any atom is 0.451 e. The number of nitrogens with zero attached hydrogens (tertiary/aromatic N) is 4. The zero-order chi connectivity index (χ0) is 18.4. The summed E-state index contributed by atoms with van der Waals surface area (Å²) < 4.78 is 84.0. The van der Waals surface area contributed by atoms with Gasteiger partial charge in [0.05, 0.1) is 12.8 Å². The third kappa shape index (κ3) is 3.08. The van der Waals surface area contributed by atoms with Crippen LogP contribution >= 0.6 is 0 Å². The van der Waals surface area contributed by atoms with Crippen LogP contribution in [0.5, 0.6) is 5.75 Å². The van der Waals surface area contributed by atoms with Crippen LogP contribution in [0.1, 0.15) is 11.5 Å². The van der Waals surface area contributed by atoms with Gasteiger partial charge in [-0.25, -0.2) is 15.0 Å². The fourth-order valence-electron chi connectivity index (χ4n) is 2.17. The first kappa shape index (κ1) is 17.0. The average molecular weight is 362 g/mol. The van der Waals surface area contributed by atoms with Crippen LogP contribution < -0.4 is 4.74 Å². The van der Waals surface area contributed by atoms with Crippen molar-refractivity contribution in [3.63, 3.8) is 0 Å². The Labute approximate surface area is 135 Å². The molecule has 3 rings (SSSR count). The number of hydrogen-bond donors (Lipinski definition) is 0. The minimum absolute atomic E-state index is 0.238. The highest BCUT2D eigenvalue weighted by Gasteiger charge is 2.42. The van der Waals surface area contributed by atoms with Gasteiger partial charge in [0.15, 0.2) is 11.3 Å². The van der Waals surface area contributed by atoms with Crippen molar-refractivity contribution < 1.29 is 31.1 Å². The molecule has 5 nitrogen and oxygen atoms in total. The summed E-state index contributed by atoms with van der Waals surface area (Å²) in [5, 5.41) is 0. The van der Waals surface area contributed by atoms with E-state index >= 15 is 0 Å². The van der Waals surface area contributed by atoms with Crippen LogP contribution in [-0.4, -0.2) is 26.6 Å². The molecule has 0 atom stereocenters. The fraction of sp³-hybridized carbons (Fsp3) is 0.214. The van der Waals surface area contributed by atoms with Gasteiger partial charge in [0.25, 0.3) is 0 Å². The van der Waals surface area contributed by atoms with Gasteiger partial charge in [-0.15, -0.1) is 0 Å². The number of rotatable bonds is 2. The van der Waals surface area contributed by atoms with E-state index in [4.69, 9.17) is 4.74 Å². The van der Waals surface area contributed by atoms with Gasteiger partial charge in [0.2, 0.25) is 5.82 Å². The van der Waals surface area contributed by atoms with Gasteiger partial charge in [0.1, 0.15) is 17.6 Å².